The Kier molecular flexibility index (Phi) is 4.33. The molecule has 0 spiro atoms. The van der Waals surface area contributed by atoms with Crippen LogP contribution in [0.5, 0.6) is 0 Å². The first-order valence-electron chi connectivity index (χ1n) is 6.75. The predicted octanol–water partition coefficient (Wildman–Crippen LogP) is 1.25. The fraction of sp³-hybridized carbons (Fsp3) is 0.154. The monoisotopic (exact) mass is 345 g/mol. The van der Waals surface area contributed by atoms with Gasteiger partial charge in [-0.25, -0.2) is 4.68 Å². The Morgan fingerprint density at radius 2 is 2.00 bits per heavy atom. The van der Waals surface area contributed by atoms with Crippen molar-refractivity contribution in [3.05, 3.63) is 62.3 Å². The Labute approximate surface area is 139 Å². The average Bonchev–Trinajstić information content (AvgIpc) is 3.05. The van der Waals surface area contributed by atoms with E-state index in [1.165, 1.54) is 28.6 Å². The van der Waals surface area contributed by atoms with E-state index in [1.807, 2.05) is 0 Å². The number of H-pyrrole nitrogens is 1. The Morgan fingerprint density at radius 3 is 2.67 bits per heavy atom. The number of aromatic amines is 1. The second-order valence-corrected chi connectivity index (χ2v) is 5.73. The van der Waals surface area contributed by atoms with Gasteiger partial charge < -0.3 is 0 Å². The Morgan fingerprint density at radius 1 is 1.25 bits per heavy atom. The van der Waals surface area contributed by atoms with E-state index in [1.54, 1.807) is 25.3 Å². The SMILES string of the molecule is Cc1nnc(SCc2cn(-c3ccc([N+](=O)[O-])cc3)nn2)[nH]c1=O. The third-order valence-electron chi connectivity index (χ3n) is 3.06. The molecule has 10 nitrogen and oxygen atoms in total. The number of hydrogen-bond acceptors (Lipinski definition) is 8. The Hall–Kier alpha value is -3.08. The van der Waals surface area contributed by atoms with Gasteiger partial charge in [-0.1, -0.05) is 17.0 Å². The van der Waals surface area contributed by atoms with Gasteiger partial charge >= 0.3 is 0 Å². The molecule has 0 saturated carbocycles. The molecule has 0 saturated heterocycles. The van der Waals surface area contributed by atoms with E-state index < -0.39 is 4.92 Å². The largest absolute Gasteiger partial charge is 0.298 e. The highest BCUT2D eigenvalue weighted by atomic mass is 32.2. The van der Waals surface area contributed by atoms with Crippen molar-refractivity contribution >= 4 is 17.4 Å². The first-order valence-corrected chi connectivity index (χ1v) is 7.74. The summed E-state index contributed by atoms with van der Waals surface area (Å²) in [6, 6.07) is 5.98. The van der Waals surface area contributed by atoms with Crippen LogP contribution < -0.4 is 5.56 Å². The van der Waals surface area contributed by atoms with Crippen LogP contribution in [-0.2, 0) is 5.75 Å². The minimum atomic E-state index is -0.462. The number of aryl methyl sites for hydroxylation is 1. The smallest absolute Gasteiger partial charge is 0.273 e. The lowest BCUT2D eigenvalue weighted by molar-refractivity contribution is -0.384. The summed E-state index contributed by atoms with van der Waals surface area (Å²) < 4.78 is 1.52. The zero-order chi connectivity index (χ0) is 17.1. The van der Waals surface area contributed by atoms with Crippen molar-refractivity contribution in [1.29, 1.82) is 0 Å². The topological polar surface area (TPSA) is 132 Å². The number of nitro benzene ring substituents is 1. The molecular formula is C13H11N7O3S. The van der Waals surface area contributed by atoms with Gasteiger partial charge in [0, 0.05) is 17.9 Å². The fourth-order valence-corrected chi connectivity index (χ4v) is 2.48. The fourth-order valence-electron chi connectivity index (χ4n) is 1.80. The Bertz CT molecular complexity index is 935. The summed E-state index contributed by atoms with van der Waals surface area (Å²) >= 11 is 1.28. The quantitative estimate of drug-likeness (QED) is 0.415. The molecular weight excluding hydrogens is 334 g/mol. The summed E-state index contributed by atoms with van der Waals surface area (Å²) in [5, 5.41) is 26.7. The summed E-state index contributed by atoms with van der Waals surface area (Å²) in [5.74, 6) is 0.445. The van der Waals surface area contributed by atoms with Crippen LogP contribution in [0.15, 0.2) is 40.4 Å². The number of non-ortho nitro benzene ring substituents is 1. The van der Waals surface area contributed by atoms with Gasteiger partial charge in [-0.3, -0.25) is 19.9 Å². The lowest BCUT2D eigenvalue weighted by atomic mass is 10.3. The lowest BCUT2D eigenvalue weighted by Gasteiger charge is -1.99. The molecule has 24 heavy (non-hydrogen) atoms. The van der Waals surface area contributed by atoms with Crippen LogP contribution >= 0.6 is 11.8 Å². The summed E-state index contributed by atoms with van der Waals surface area (Å²) in [5.41, 5.74) is 1.37. The predicted molar refractivity (Wildman–Crippen MR) is 85.0 cm³/mol. The molecule has 3 rings (SSSR count). The zero-order valence-corrected chi connectivity index (χ0v) is 13.2. The number of aromatic nitrogens is 6. The number of nitrogens with zero attached hydrogens (tertiary/aromatic N) is 6. The molecule has 0 atom stereocenters. The maximum absolute atomic E-state index is 11.5. The van der Waals surface area contributed by atoms with Crippen molar-refractivity contribution in [2.75, 3.05) is 0 Å². The molecule has 0 bridgehead atoms. The summed E-state index contributed by atoms with van der Waals surface area (Å²) in [4.78, 5) is 24.3. The molecule has 0 aliphatic carbocycles. The summed E-state index contributed by atoms with van der Waals surface area (Å²) in [6.07, 6.45) is 1.70. The van der Waals surface area contributed by atoms with Crippen molar-refractivity contribution < 1.29 is 4.92 Å². The first kappa shape index (κ1) is 15.8. The molecule has 1 N–H and O–H groups in total. The Balaban J connectivity index is 1.70. The molecule has 0 aliphatic rings. The van der Waals surface area contributed by atoms with Gasteiger partial charge in [-0.15, -0.1) is 15.3 Å². The molecule has 1 aromatic carbocycles. The molecule has 3 aromatic rings. The van der Waals surface area contributed by atoms with E-state index in [2.05, 4.69) is 25.5 Å². The van der Waals surface area contributed by atoms with Gasteiger partial charge in [0.05, 0.1) is 22.5 Å². The minimum absolute atomic E-state index is 0.0107. The molecule has 11 heteroatoms. The molecule has 122 valence electrons. The number of thioether (sulfide) groups is 1. The van der Waals surface area contributed by atoms with Gasteiger partial charge in [0.15, 0.2) is 5.16 Å². The standard InChI is InChI=1S/C13H11N7O3S/c1-8-12(21)14-13(17-15-8)24-7-9-6-19(18-16-9)10-2-4-11(5-3-10)20(22)23/h2-6H,7H2,1H3,(H,14,17,21). The van der Waals surface area contributed by atoms with Gasteiger partial charge in [-0.2, -0.15) is 0 Å². The highest BCUT2D eigenvalue weighted by Gasteiger charge is 2.08. The number of nitrogens with one attached hydrogen (secondary N) is 1. The number of benzene rings is 1. The van der Waals surface area contributed by atoms with Crippen molar-refractivity contribution in [3.8, 4) is 5.69 Å². The molecule has 0 radical (unpaired) electrons. The normalized spacial score (nSPS) is 10.7. The van der Waals surface area contributed by atoms with E-state index in [0.29, 0.717) is 28.0 Å². The van der Waals surface area contributed by atoms with E-state index in [0.717, 1.165) is 0 Å². The summed E-state index contributed by atoms with van der Waals surface area (Å²) in [6.45, 7) is 1.58. The summed E-state index contributed by atoms with van der Waals surface area (Å²) in [7, 11) is 0. The third kappa shape index (κ3) is 3.46. The number of nitro groups is 1. The van der Waals surface area contributed by atoms with Crippen molar-refractivity contribution in [2.24, 2.45) is 0 Å². The number of hydrogen-bond donors (Lipinski definition) is 1. The molecule has 2 heterocycles. The maximum Gasteiger partial charge on any atom is 0.273 e. The van der Waals surface area contributed by atoms with Gasteiger partial charge in [0.1, 0.15) is 5.69 Å². The second kappa shape index (κ2) is 6.58. The highest BCUT2D eigenvalue weighted by molar-refractivity contribution is 7.98. The minimum Gasteiger partial charge on any atom is -0.298 e. The van der Waals surface area contributed by atoms with Crippen LogP contribution in [0.25, 0.3) is 5.69 Å². The molecule has 0 fully saturated rings. The molecule has 0 unspecified atom stereocenters. The second-order valence-electron chi connectivity index (χ2n) is 4.76. The molecule has 0 amide bonds. The van der Waals surface area contributed by atoms with E-state index in [9.17, 15) is 14.9 Å². The van der Waals surface area contributed by atoms with Crippen molar-refractivity contribution in [3.63, 3.8) is 0 Å². The van der Waals surface area contributed by atoms with Crippen molar-refractivity contribution in [2.45, 2.75) is 17.8 Å². The molecule has 0 aliphatic heterocycles. The van der Waals surface area contributed by atoms with Crippen LogP contribution in [0.3, 0.4) is 0 Å². The van der Waals surface area contributed by atoms with E-state index >= 15 is 0 Å². The van der Waals surface area contributed by atoms with Crippen LogP contribution in [0, 0.1) is 17.0 Å². The van der Waals surface area contributed by atoms with Crippen LogP contribution in [0.1, 0.15) is 11.4 Å². The average molecular weight is 345 g/mol. The molecule has 2 aromatic heterocycles. The maximum atomic E-state index is 11.5. The van der Waals surface area contributed by atoms with Gasteiger partial charge in [0.2, 0.25) is 0 Å². The van der Waals surface area contributed by atoms with Gasteiger partial charge in [-0.05, 0) is 19.1 Å². The first-order chi connectivity index (χ1) is 11.5. The van der Waals surface area contributed by atoms with Gasteiger partial charge in [0.25, 0.3) is 11.2 Å². The lowest BCUT2D eigenvalue weighted by Crippen LogP contribution is -2.14. The van der Waals surface area contributed by atoms with E-state index in [4.69, 9.17) is 0 Å². The third-order valence-corrected chi connectivity index (χ3v) is 3.96. The van der Waals surface area contributed by atoms with Crippen LogP contribution in [0.4, 0.5) is 5.69 Å². The van der Waals surface area contributed by atoms with Crippen molar-refractivity contribution in [1.82, 2.24) is 30.2 Å². The number of rotatable bonds is 5. The van der Waals surface area contributed by atoms with Crippen LogP contribution in [-0.4, -0.2) is 35.1 Å². The zero-order valence-electron chi connectivity index (χ0n) is 12.4. The highest BCUT2D eigenvalue weighted by Crippen LogP contribution is 2.18. The van der Waals surface area contributed by atoms with Crippen LogP contribution in [0.2, 0.25) is 0 Å². The van der Waals surface area contributed by atoms with E-state index in [-0.39, 0.29) is 11.2 Å².